The van der Waals surface area contributed by atoms with Gasteiger partial charge in [0, 0.05) is 6.42 Å². The van der Waals surface area contributed by atoms with Crippen LogP contribution >= 0.6 is 0 Å². The quantitative estimate of drug-likeness (QED) is 0.675. The second-order valence-corrected chi connectivity index (χ2v) is 3.28. The number of methoxy groups -OCH3 is 1. The van der Waals surface area contributed by atoms with Gasteiger partial charge in [0.05, 0.1) is 13.2 Å². The van der Waals surface area contributed by atoms with E-state index < -0.39 is 12.1 Å². The van der Waals surface area contributed by atoms with Crippen LogP contribution in [-0.2, 0) is 19.1 Å². The molecule has 0 aromatic heterocycles. The van der Waals surface area contributed by atoms with Gasteiger partial charge in [0.25, 0.3) is 0 Å². The molecule has 1 N–H and O–H groups in total. The minimum atomic E-state index is -0.925. The third-order valence-corrected chi connectivity index (χ3v) is 2.28. The van der Waals surface area contributed by atoms with Crippen molar-refractivity contribution < 1.29 is 24.2 Å². The summed E-state index contributed by atoms with van der Waals surface area (Å²) in [6.07, 6.45) is 1.24. The number of rotatable bonds is 4. The fourth-order valence-corrected chi connectivity index (χ4v) is 1.48. The zero-order chi connectivity index (χ0) is 10.6. The Labute approximate surface area is 82.0 Å². The Bertz CT molecular complexity index is 225. The maximum Gasteiger partial charge on any atom is 0.332 e. The average molecular weight is 202 g/mol. The molecule has 1 aliphatic heterocycles. The molecule has 1 heterocycles. The SMILES string of the molecule is COC(=O)CC[C@H]1CC[C@H](C(=O)O)O1. The molecule has 0 aromatic carbocycles. The predicted molar refractivity (Wildman–Crippen MR) is 46.8 cm³/mol. The standard InChI is InChI=1S/C9H14O5/c1-13-8(10)5-3-6-2-4-7(14-6)9(11)12/h6-7H,2-5H2,1H3,(H,11,12)/t6-,7-/m1/s1. The normalized spacial score (nSPS) is 26.1. The van der Waals surface area contributed by atoms with Crippen LogP contribution in [0.2, 0.25) is 0 Å². The molecule has 0 amide bonds. The van der Waals surface area contributed by atoms with Crippen molar-refractivity contribution in [2.75, 3.05) is 7.11 Å². The zero-order valence-electron chi connectivity index (χ0n) is 8.06. The van der Waals surface area contributed by atoms with Gasteiger partial charge in [-0.05, 0) is 19.3 Å². The van der Waals surface area contributed by atoms with Gasteiger partial charge in [-0.15, -0.1) is 0 Å². The van der Waals surface area contributed by atoms with E-state index in [4.69, 9.17) is 9.84 Å². The molecule has 0 spiro atoms. The lowest BCUT2D eigenvalue weighted by Crippen LogP contribution is -2.20. The largest absolute Gasteiger partial charge is 0.479 e. The summed E-state index contributed by atoms with van der Waals surface area (Å²) in [4.78, 5) is 21.3. The number of carbonyl (C=O) groups is 2. The molecule has 2 atom stereocenters. The molecule has 1 saturated heterocycles. The summed E-state index contributed by atoms with van der Waals surface area (Å²) in [6, 6.07) is 0. The number of carbonyl (C=O) groups excluding carboxylic acids is 1. The summed E-state index contributed by atoms with van der Waals surface area (Å²) in [5, 5.41) is 8.64. The Morgan fingerprint density at radius 3 is 2.71 bits per heavy atom. The topological polar surface area (TPSA) is 72.8 Å². The molecular formula is C9H14O5. The van der Waals surface area contributed by atoms with Gasteiger partial charge in [0.2, 0.25) is 0 Å². The number of hydrogen-bond donors (Lipinski definition) is 1. The van der Waals surface area contributed by atoms with Crippen LogP contribution in [0, 0.1) is 0 Å². The molecule has 1 fully saturated rings. The van der Waals surface area contributed by atoms with Crippen LogP contribution in [-0.4, -0.2) is 36.4 Å². The number of carboxylic acids is 1. The van der Waals surface area contributed by atoms with Gasteiger partial charge in [-0.2, -0.15) is 0 Å². The first kappa shape index (κ1) is 11.0. The lowest BCUT2D eigenvalue weighted by Gasteiger charge is -2.09. The highest BCUT2D eigenvalue weighted by molar-refractivity contribution is 5.72. The maximum atomic E-state index is 10.8. The molecule has 0 aromatic rings. The smallest absolute Gasteiger partial charge is 0.332 e. The Morgan fingerprint density at radius 1 is 1.50 bits per heavy atom. The minimum Gasteiger partial charge on any atom is -0.479 e. The lowest BCUT2D eigenvalue weighted by molar-refractivity contribution is -0.149. The van der Waals surface area contributed by atoms with Gasteiger partial charge < -0.3 is 14.6 Å². The van der Waals surface area contributed by atoms with Gasteiger partial charge in [-0.3, -0.25) is 4.79 Å². The maximum absolute atomic E-state index is 10.8. The zero-order valence-corrected chi connectivity index (χ0v) is 8.06. The van der Waals surface area contributed by atoms with Crippen LogP contribution in [0.15, 0.2) is 0 Å². The fourth-order valence-electron chi connectivity index (χ4n) is 1.48. The summed E-state index contributed by atoms with van der Waals surface area (Å²) < 4.78 is 9.68. The van der Waals surface area contributed by atoms with E-state index >= 15 is 0 Å². The first-order valence-electron chi connectivity index (χ1n) is 4.58. The van der Waals surface area contributed by atoms with Crippen LogP contribution in [0.25, 0.3) is 0 Å². The highest BCUT2D eigenvalue weighted by Gasteiger charge is 2.30. The van der Waals surface area contributed by atoms with Crippen molar-refractivity contribution >= 4 is 11.9 Å². The first-order valence-corrected chi connectivity index (χ1v) is 4.58. The molecule has 5 heteroatoms. The highest BCUT2D eigenvalue weighted by atomic mass is 16.5. The Hall–Kier alpha value is -1.10. The summed E-state index contributed by atoms with van der Waals surface area (Å²) in [5.41, 5.74) is 0. The first-order chi connectivity index (χ1) is 6.63. The van der Waals surface area contributed by atoms with Crippen LogP contribution in [0.3, 0.4) is 0 Å². The fraction of sp³-hybridized carbons (Fsp3) is 0.778. The summed E-state index contributed by atoms with van der Waals surface area (Å²) >= 11 is 0. The minimum absolute atomic E-state index is 0.116. The number of esters is 1. The molecule has 0 saturated carbocycles. The van der Waals surface area contributed by atoms with Crippen LogP contribution < -0.4 is 0 Å². The molecule has 80 valence electrons. The Morgan fingerprint density at radius 2 is 2.21 bits per heavy atom. The molecule has 5 nitrogen and oxygen atoms in total. The number of aliphatic carboxylic acids is 1. The molecule has 0 aliphatic carbocycles. The van der Waals surface area contributed by atoms with Crippen molar-refractivity contribution in [3.63, 3.8) is 0 Å². The second-order valence-electron chi connectivity index (χ2n) is 3.28. The van der Waals surface area contributed by atoms with E-state index in [1.54, 1.807) is 0 Å². The van der Waals surface area contributed by atoms with Gasteiger partial charge in [-0.1, -0.05) is 0 Å². The number of carboxylic acid groups (broad SMARTS) is 1. The highest BCUT2D eigenvalue weighted by Crippen LogP contribution is 2.23. The average Bonchev–Trinajstić information content (AvgIpc) is 2.62. The van der Waals surface area contributed by atoms with Gasteiger partial charge in [0.15, 0.2) is 6.10 Å². The molecule has 14 heavy (non-hydrogen) atoms. The van der Waals surface area contributed by atoms with Crippen molar-refractivity contribution in [1.29, 1.82) is 0 Å². The van der Waals surface area contributed by atoms with E-state index in [9.17, 15) is 9.59 Å². The summed E-state index contributed by atoms with van der Waals surface area (Å²) in [5.74, 6) is -1.21. The van der Waals surface area contributed by atoms with Crippen molar-refractivity contribution in [2.24, 2.45) is 0 Å². The second kappa shape index (κ2) is 4.95. The number of hydrogen-bond acceptors (Lipinski definition) is 4. The Kier molecular flexibility index (Phi) is 3.88. The van der Waals surface area contributed by atoms with Crippen LogP contribution in [0.4, 0.5) is 0 Å². The third kappa shape index (κ3) is 2.99. The van der Waals surface area contributed by atoms with Crippen LogP contribution in [0.5, 0.6) is 0 Å². The van der Waals surface area contributed by atoms with E-state index in [1.807, 2.05) is 0 Å². The van der Waals surface area contributed by atoms with E-state index in [-0.39, 0.29) is 18.5 Å². The molecular weight excluding hydrogens is 188 g/mol. The van der Waals surface area contributed by atoms with Crippen molar-refractivity contribution in [3.8, 4) is 0 Å². The van der Waals surface area contributed by atoms with Gasteiger partial charge in [0.1, 0.15) is 0 Å². The molecule has 1 rings (SSSR count). The van der Waals surface area contributed by atoms with Crippen molar-refractivity contribution in [3.05, 3.63) is 0 Å². The summed E-state index contributed by atoms with van der Waals surface area (Å²) in [7, 11) is 1.33. The van der Waals surface area contributed by atoms with Crippen LogP contribution in [0.1, 0.15) is 25.7 Å². The van der Waals surface area contributed by atoms with Gasteiger partial charge >= 0.3 is 11.9 Å². The Balaban J connectivity index is 2.22. The third-order valence-electron chi connectivity index (χ3n) is 2.28. The molecule has 0 bridgehead atoms. The summed E-state index contributed by atoms with van der Waals surface area (Å²) in [6.45, 7) is 0. The van der Waals surface area contributed by atoms with E-state index in [0.717, 1.165) is 0 Å². The predicted octanol–water partition coefficient (Wildman–Crippen LogP) is 0.572. The molecule has 0 unspecified atom stereocenters. The van der Waals surface area contributed by atoms with Gasteiger partial charge in [-0.25, -0.2) is 4.79 Å². The van der Waals surface area contributed by atoms with Crippen molar-refractivity contribution in [1.82, 2.24) is 0 Å². The number of ether oxygens (including phenoxy) is 2. The molecule has 1 aliphatic rings. The van der Waals surface area contributed by atoms with Crippen molar-refractivity contribution in [2.45, 2.75) is 37.9 Å². The lowest BCUT2D eigenvalue weighted by atomic mass is 10.1. The van der Waals surface area contributed by atoms with E-state index in [1.165, 1.54) is 7.11 Å². The molecule has 0 radical (unpaired) electrons. The van der Waals surface area contributed by atoms with E-state index in [0.29, 0.717) is 19.3 Å². The monoisotopic (exact) mass is 202 g/mol. The van der Waals surface area contributed by atoms with E-state index in [2.05, 4.69) is 4.74 Å².